The molecule has 1 N–H and O–H groups in total. The minimum absolute atomic E-state index is 0.0636. The molecule has 0 aromatic heterocycles. The van der Waals surface area contributed by atoms with E-state index in [0.717, 1.165) is 37.2 Å². The fraction of sp³-hybridized carbons (Fsp3) is 0.269. The van der Waals surface area contributed by atoms with Crippen LogP contribution in [0.3, 0.4) is 0 Å². The van der Waals surface area contributed by atoms with Crippen LogP contribution in [0, 0.1) is 0 Å². The van der Waals surface area contributed by atoms with Crippen molar-refractivity contribution in [1.82, 2.24) is 0 Å². The van der Waals surface area contributed by atoms with Crippen LogP contribution in [-0.4, -0.2) is 33.2 Å². The second-order valence-corrected chi connectivity index (χ2v) is 10.4. The van der Waals surface area contributed by atoms with Gasteiger partial charge in [0.1, 0.15) is 0 Å². The van der Waals surface area contributed by atoms with Crippen molar-refractivity contribution in [2.75, 3.05) is 29.1 Å². The van der Waals surface area contributed by atoms with Gasteiger partial charge in [-0.2, -0.15) is 0 Å². The molecule has 1 heterocycles. The lowest BCUT2D eigenvalue weighted by Crippen LogP contribution is -2.23. The Bertz CT molecular complexity index is 1190. The number of hydrogen-bond donors (Lipinski definition) is 1. The van der Waals surface area contributed by atoms with Crippen LogP contribution in [0.15, 0.2) is 77.7 Å². The molecule has 0 bridgehead atoms. The molecular formula is C26H28N2O3S. The highest BCUT2D eigenvalue weighted by Crippen LogP contribution is 2.27. The van der Waals surface area contributed by atoms with Crippen molar-refractivity contribution in [1.29, 1.82) is 0 Å². The maximum atomic E-state index is 12.4. The summed E-state index contributed by atoms with van der Waals surface area (Å²) in [6.45, 7) is 3.67. The van der Waals surface area contributed by atoms with Crippen molar-refractivity contribution in [3.63, 3.8) is 0 Å². The number of nitrogens with one attached hydrogen (secondary N) is 1. The van der Waals surface area contributed by atoms with Gasteiger partial charge >= 0.3 is 0 Å². The molecule has 0 radical (unpaired) electrons. The number of hydrogen-bond acceptors (Lipinski definition) is 4. The number of nitrogens with zero attached hydrogens (tertiary/aromatic N) is 1. The summed E-state index contributed by atoms with van der Waals surface area (Å²) in [5.74, 6) is -0.0637. The highest BCUT2D eigenvalue weighted by molar-refractivity contribution is 7.91. The van der Waals surface area contributed by atoms with E-state index >= 15 is 0 Å². The number of amides is 1. The van der Waals surface area contributed by atoms with Crippen LogP contribution >= 0.6 is 0 Å². The number of benzene rings is 3. The molecule has 1 aliphatic heterocycles. The van der Waals surface area contributed by atoms with Gasteiger partial charge in [0, 0.05) is 24.5 Å². The number of fused-ring (bicyclic) bond motifs is 1. The van der Waals surface area contributed by atoms with Crippen molar-refractivity contribution in [3.05, 3.63) is 89.5 Å². The average Bonchev–Trinajstić information content (AvgIpc) is 3.22. The van der Waals surface area contributed by atoms with Crippen molar-refractivity contribution in [2.45, 2.75) is 31.1 Å². The van der Waals surface area contributed by atoms with Gasteiger partial charge in [-0.1, -0.05) is 49.4 Å². The van der Waals surface area contributed by atoms with Gasteiger partial charge in [0.15, 0.2) is 9.84 Å². The first-order chi connectivity index (χ1) is 15.4. The zero-order valence-electron chi connectivity index (χ0n) is 18.3. The van der Waals surface area contributed by atoms with Gasteiger partial charge in [-0.05, 0) is 59.9 Å². The standard InChI is InChI=1S/C26H28N2O3S/c1-2-32(30,31)24-13-9-21(10-14-24)19-26(29)27-23-11-7-20(8-12-23)15-17-28-18-16-22-5-3-4-6-25(22)28/h3-14H,2,15-19H2,1H3,(H,27,29). The summed E-state index contributed by atoms with van der Waals surface area (Å²) in [4.78, 5) is 15.1. The maximum absolute atomic E-state index is 12.4. The van der Waals surface area contributed by atoms with Crippen LogP contribution in [0.1, 0.15) is 23.6 Å². The Labute approximate surface area is 190 Å². The summed E-state index contributed by atoms with van der Waals surface area (Å²) >= 11 is 0. The highest BCUT2D eigenvalue weighted by atomic mass is 32.2. The first kappa shape index (κ1) is 22.1. The van der Waals surface area contributed by atoms with E-state index < -0.39 is 9.84 Å². The van der Waals surface area contributed by atoms with Crippen molar-refractivity contribution in [3.8, 4) is 0 Å². The Hall–Kier alpha value is -3.12. The maximum Gasteiger partial charge on any atom is 0.228 e. The summed E-state index contributed by atoms with van der Waals surface area (Å²) in [6, 6.07) is 23.1. The van der Waals surface area contributed by atoms with Gasteiger partial charge in [0.2, 0.25) is 5.91 Å². The molecule has 32 heavy (non-hydrogen) atoms. The molecule has 0 fully saturated rings. The zero-order chi connectivity index (χ0) is 22.6. The quantitative estimate of drug-likeness (QED) is 0.559. The van der Waals surface area contributed by atoms with E-state index in [-0.39, 0.29) is 23.0 Å². The molecule has 3 aromatic rings. The first-order valence-electron chi connectivity index (χ1n) is 11.0. The van der Waals surface area contributed by atoms with Crippen molar-refractivity contribution in [2.24, 2.45) is 0 Å². The predicted molar refractivity (Wildman–Crippen MR) is 129 cm³/mol. The fourth-order valence-corrected chi connectivity index (χ4v) is 4.91. The summed E-state index contributed by atoms with van der Waals surface area (Å²) in [6.07, 6.45) is 2.26. The minimum Gasteiger partial charge on any atom is -0.371 e. The van der Waals surface area contributed by atoms with Gasteiger partial charge in [-0.15, -0.1) is 0 Å². The summed E-state index contributed by atoms with van der Waals surface area (Å²) in [5, 5.41) is 2.92. The number of anilines is 2. The van der Waals surface area contributed by atoms with E-state index in [1.54, 1.807) is 31.2 Å². The van der Waals surface area contributed by atoms with Crippen LogP contribution in [-0.2, 0) is 33.9 Å². The third kappa shape index (κ3) is 5.19. The van der Waals surface area contributed by atoms with Gasteiger partial charge in [0.05, 0.1) is 17.1 Å². The molecule has 166 valence electrons. The molecule has 0 spiro atoms. The molecule has 5 nitrogen and oxygen atoms in total. The third-order valence-electron chi connectivity index (χ3n) is 5.92. The van der Waals surface area contributed by atoms with Crippen LogP contribution in [0.2, 0.25) is 0 Å². The normalized spacial score (nSPS) is 13.1. The lowest BCUT2D eigenvalue weighted by Gasteiger charge is -2.19. The van der Waals surface area contributed by atoms with Crippen LogP contribution < -0.4 is 10.2 Å². The van der Waals surface area contributed by atoms with E-state index in [1.165, 1.54) is 16.8 Å². The minimum atomic E-state index is -3.22. The van der Waals surface area contributed by atoms with E-state index in [0.29, 0.717) is 0 Å². The zero-order valence-corrected chi connectivity index (χ0v) is 19.1. The Kier molecular flexibility index (Phi) is 6.61. The first-order valence-corrected chi connectivity index (χ1v) is 12.6. The van der Waals surface area contributed by atoms with Gasteiger partial charge < -0.3 is 10.2 Å². The summed E-state index contributed by atoms with van der Waals surface area (Å²) < 4.78 is 23.8. The van der Waals surface area contributed by atoms with E-state index in [2.05, 4.69) is 46.6 Å². The SMILES string of the molecule is CCS(=O)(=O)c1ccc(CC(=O)Nc2ccc(CCN3CCc4ccccc43)cc2)cc1. The van der Waals surface area contributed by atoms with E-state index in [1.807, 2.05) is 12.1 Å². The number of sulfone groups is 1. The number of rotatable bonds is 8. The van der Waals surface area contributed by atoms with Gasteiger partial charge in [-0.25, -0.2) is 8.42 Å². The predicted octanol–water partition coefficient (Wildman–Crippen LogP) is 4.27. The molecule has 6 heteroatoms. The van der Waals surface area contributed by atoms with Crippen molar-refractivity contribution < 1.29 is 13.2 Å². The smallest absolute Gasteiger partial charge is 0.228 e. The number of para-hydroxylation sites is 1. The Morgan fingerprint density at radius 1 is 0.938 bits per heavy atom. The van der Waals surface area contributed by atoms with E-state index in [4.69, 9.17) is 0 Å². The van der Waals surface area contributed by atoms with Crippen LogP contribution in [0.5, 0.6) is 0 Å². The lowest BCUT2D eigenvalue weighted by molar-refractivity contribution is -0.115. The molecule has 0 atom stereocenters. The molecule has 0 saturated heterocycles. The Balaban J connectivity index is 1.28. The second kappa shape index (κ2) is 9.57. The molecule has 3 aromatic carbocycles. The highest BCUT2D eigenvalue weighted by Gasteiger charge is 2.17. The summed E-state index contributed by atoms with van der Waals surface area (Å²) in [7, 11) is -3.22. The molecule has 1 amide bonds. The monoisotopic (exact) mass is 448 g/mol. The Morgan fingerprint density at radius 3 is 2.34 bits per heavy atom. The molecule has 1 aliphatic rings. The topological polar surface area (TPSA) is 66.5 Å². The summed E-state index contributed by atoms with van der Waals surface area (Å²) in [5.41, 5.74) is 5.54. The lowest BCUT2D eigenvalue weighted by atomic mass is 10.1. The molecule has 4 rings (SSSR count). The molecule has 0 unspecified atom stereocenters. The van der Waals surface area contributed by atoms with E-state index in [9.17, 15) is 13.2 Å². The molecule has 0 saturated carbocycles. The molecular weight excluding hydrogens is 420 g/mol. The Morgan fingerprint density at radius 2 is 1.62 bits per heavy atom. The van der Waals surface area contributed by atoms with Crippen molar-refractivity contribution >= 4 is 27.1 Å². The largest absolute Gasteiger partial charge is 0.371 e. The fourth-order valence-electron chi connectivity index (χ4n) is 4.03. The average molecular weight is 449 g/mol. The second-order valence-electron chi connectivity index (χ2n) is 8.09. The molecule has 0 aliphatic carbocycles. The van der Waals surface area contributed by atoms with Gasteiger partial charge in [0.25, 0.3) is 0 Å². The van der Waals surface area contributed by atoms with Gasteiger partial charge in [-0.3, -0.25) is 4.79 Å². The third-order valence-corrected chi connectivity index (χ3v) is 7.67. The number of carbonyl (C=O) groups excluding carboxylic acids is 1. The van der Waals surface area contributed by atoms with Crippen LogP contribution in [0.25, 0.3) is 0 Å². The van der Waals surface area contributed by atoms with Crippen LogP contribution in [0.4, 0.5) is 11.4 Å². The number of carbonyl (C=O) groups is 1.